The number of hydrogen-bond acceptors (Lipinski definition) is 4. The molecule has 0 heterocycles. The van der Waals surface area contributed by atoms with Crippen molar-refractivity contribution in [1.82, 2.24) is 0 Å². The van der Waals surface area contributed by atoms with E-state index in [1.807, 2.05) is 0 Å². The lowest BCUT2D eigenvalue weighted by molar-refractivity contribution is 0.0681. The number of carbonyl (C=O) groups is 2. The standard InChI is InChI=1S/C14H8Cl2O5/c15-7-2-4-11(17)10(5-7)14(20)21-12-6-8(16)1-3-9(12)13(18)19/h1-6,17H,(H,18,19). The predicted molar refractivity (Wildman–Crippen MR) is 76.5 cm³/mol. The number of ether oxygens (including phenoxy) is 1. The Morgan fingerprint density at radius 1 is 0.952 bits per heavy atom. The molecule has 0 bridgehead atoms. The zero-order valence-electron chi connectivity index (χ0n) is 10.3. The summed E-state index contributed by atoms with van der Waals surface area (Å²) in [5, 5.41) is 19.1. The topological polar surface area (TPSA) is 83.8 Å². The van der Waals surface area contributed by atoms with Crippen molar-refractivity contribution < 1.29 is 24.5 Å². The molecule has 0 saturated heterocycles. The molecule has 0 radical (unpaired) electrons. The van der Waals surface area contributed by atoms with Crippen LogP contribution in [0.4, 0.5) is 0 Å². The third-order valence-electron chi connectivity index (χ3n) is 2.56. The number of esters is 1. The van der Waals surface area contributed by atoms with Crippen molar-refractivity contribution in [3.8, 4) is 11.5 Å². The molecule has 0 spiro atoms. The second-order valence-corrected chi connectivity index (χ2v) is 4.87. The van der Waals surface area contributed by atoms with Gasteiger partial charge in [-0.2, -0.15) is 0 Å². The van der Waals surface area contributed by atoms with Gasteiger partial charge in [0.2, 0.25) is 0 Å². The van der Waals surface area contributed by atoms with Gasteiger partial charge in [0.25, 0.3) is 0 Å². The number of benzene rings is 2. The second-order valence-electron chi connectivity index (χ2n) is 4.00. The van der Waals surface area contributed by atoms with Gasteiger partial charge < -0.3 is 14.9 Å². The van der Waals surface area contributed by atoms with Gasteiger partial charge in [-0.05, 0) is 30.3 Å². The molecule has 108 valence electrons. The van der Waals surface area contributed by atoms with Crippen LogP contribution in [0.15, 0.2) is 36.4 Å². The van der Waals surface area contributed by atoms with Crippen molar-refractivity contribution >= 4 is 35.1 Å². The Labute approximate surface area is 129 Å². The Hall–Kier alpha value is -2.24. The van der Waals surface area contributed by atoms with Gasteiger partial charge in [-0.15, -0.1) is 0 Å². The third kappa shape index (κ3) is 3.45. The fourth-order valence-electron chi connectivity index (χ4n) is 1.58. The number of phenols is 1. The molecule has 21 heavy (non-hydrogen) atoms. The number of aromatic hydroxyl groups is 1. The molecule has 0 saturated carbocycles. The van der Waals surface area contributed by atoms with Crippen LogP contribution in [0.25, 0.3) is 0 Å². The van der Waals surface area contributed by atoms with Gasteiger partial charge in [-0.3, -0.25) is 0 Å². The summed E-state index contributed by atoms with van der Waals surface area (Å²) < 4.78 is 4.99. The predicted octanol–water partition coefficient (Wildman–Crippen LogP) is 3.62. The first-order valence-electron chi connectivity index (χ1n) is 5.62. The number of halogens is 2. The minimum atomic E-state index is -1.27. The Morgan fingerprint density at radius 2 is 1.57 bits per heavy atom. The van der Waals surface area contributed by atoms with E-state index < -0.39 is 11.9 Å². The van der Waals surface area contributed by atoms with E-state index in [4.69, 9.17) is 33.0 Å². The lowest BCUT2D eigenvalue weighted by atomic mass is 10.2. The molecule has 0 fully saturated rings. The minimum Gasteiger partial charge on any atom is -0.507 e. The summed E-state index contributed by atoms with van der Waals surface area (Å²) in [6.45, 7) is 0. The van der Waals surface area contributed by atoms with Crippen molar-refractivity contribution in [2.24, 2.45) is 0 Å². The molecule has 2 rings (SSSR count). The molecule has 5 nitrogen and oxygen atoms in total. The average Bonchev–Trinajstić information content (AvgIpc) is 2.41. The van der Waals surface area contributed by atoms with Crippen molar-refractivity contribution in [1.29, 1.82) is 0 Å². The number of rotatable bonds is 3. The molecule has 2 N–H and O–H groups in total. The highest BCUT2D eigenvalue weighted by molar-refractivity contribution is 6.31. The van der Waals surface area contributed by atoms with Crippen LogP contribution in [0.1, 0.15) is 20.7 Å². The molecular weight excluding hydrogens is 319 g/mol. The van der Waals surface area contributed by atoms with Gasteiger partial charge in [0, 0.05) is 16.1 Å². The highest BCUT2D eigenvalue weighted by Gasteiger charge is 2.19. The van der Waals surface area contributed by atoms with Crippen molar-refractivity contribution in [2.45, 2.75) is 0 Å². The fraction of sp³-hybridized carbons (Fsp3) is 0. The quantitative estimate of drug-likeness (QED) is 0.664. The molecule has 2 aromatic carbocycles. The Balaban J connectivity index is 2.38. The molecule has 0 aliphatic rings. The van der Waals surface area contributed by atoms with Gasteiger partial charge in [-0.25, -0.2) is 9.59 Å². The SMILES string of the molecule is O=C(Oc1cc(Cl)ccc1C(=O)O)c1cc(Cl)ccc1O. The first-order chi connectivity index (χ1) is 9.88. The van der Waals surface area contributed by atoms with E-state index in [9.17, 15) is 14.7 Å². The van der Waals surface area contributed by atoms with E-state index in [2.05, 4.69) is 0 Å². The van der Waals surface area contributed by atoms with Gasteiger partial charge in [0.15, 0.2) is 0 Å². The van der Waals surface area contributed by atoms with Crippen molar-refractivity contribution in [3.63, 3.8) is 0 Å². The molecule has 7 heteroatoms. The van der Waals surface area contributed by atoms with E-state index in [-0.39, 0.29) is 32.7 Å². The molecule has 0 unspecified atom stereocenters. The number of hydrogen-bond donors (Lipinski definition) is 2. The maximum atomic E-state index is 12.0. The monoisotopic (exact) mass is 326 g/mol. The maximum Gasteiger partial charge on any atom is 0.347 e. The average molecular weight is 327 g/mol. The lowest BCUT2D eigenvalue weighted by Gasteiger charge is -2.09. The van der Waals surface area contributed by atoms with E-state index in [1.165, 1.54) is 36.4 Å². The van der Waals surface area contributed by atoms with E-state index in [0.29, 0.717) is 0 Å². The highest BCUT2D eigenvalue weighted by atomic mass is 35.5. The Morgan fingerprint density at radius 3 is 2.24 bits per heavy atom. The Kier molecular flexibility index (Phi) is 4.35. The molecule has 0 aliphatic carbocycles. The van der Waals surface area contributed by atoms with Crippen LogP contribution < -0.4 is 4.74 Å². The van der Waals surface area contributed by atoms with Crippen molar-refractivity contribution in [2.75, 3.05) is 0 Å². The molecule has 2 aromatic rings. The van der Waals surface area contributed by atoms with E-state index in [0.717, 1.165) is 0 Å². The summed E-state index contributed by atoms with van der Waals surface area (Å²) in [6, 6.07) is 7.61. The summed E-state index contributed by atoms with van der Waals surface area (Å²) in [4.78, 5) is 23.1. The van der Waals surface area contributed by atoms with Crippen LogP contribution in [0.5, 0.6) is 11.5 Å². The van der Waals surface area contributed by atoms with Crippen LogP contribution in [0.2, 0.25) is 10.0 Å². The smallest absolute Gasteiger partial charge is 0.347 e. The summed E-state index contributed by atoms with van der Waals surface area (Å²) in [7, 11) is 0. The summed E-state index contributed by atoms with van der Waals surface area (Å²) in [5.41, 5.74) is -0.409. The number of carboxylic acids is 1. The summed E-state index contributed by atoms with van der Waals surface area (Å²) in [6.07, 6.45) is 0. The molecule has 0 aliphatic heterocycles. The zero-order valence-corrected chi connectivity index (χ0v) is 11.9. The van der Waals surface area contributed by atoms with E-state index in [1.54, 1.807) is 0 Å². The van der Waals surface area contributed by atoms with Gasteiger partial charge in [0.05, 0.1) is 0 Å². The highest BCUT2D eigenvalue weighted by Crippen LogP contribution is 2.27. The van der Waals surface area contributed by atoms with E-state index >= 15 is 0 Å². The number of aromatic carboxylic acids is 1. The lowest BCUT2D eigenvalue weighted by Crippen LogP contribution is -2.11. The van der Waals surface area contributed by atoms with Crippen LogP contribution in [-0.4, -0.2) is 22.2 Å². The van der Waals surface area contributed by atoms with Crippen LogP contribution in [0, 0.1) is 0 Å². The Bertz CT molecular complexity index is 727. The number of carboxylic acid groups (broad SMARTS) is 1. The molecule has 0 amide bonds. The van der Waals surface area contributed by atoms with Crippen molar-refractivity contribution in [3.05, 3.63) is 57.6 Å². The second kappa shape index (κ2) is 6.03. The largest absolute Gasteiger partial charge is 0.507 e. The van der Waals surface area contributed by atoms with Crippen LogP contribution >= 0.6 is 23.2 Å². The summed E-state index contributed by atoms with van der Waals surface area (Å²) in [5.74, 6) is -2.77. The minimum absolute atomic E-state index is 0.182. The molecular formula is C14H8Cl2O5. The van der Waals surface area contributed by atoms with Crippen LogP contribution in [0.3, 0.4) is 0 Å². The third-order valence-corrected chi connectivity index (χ3v) is 3.03. The van der Waals surface area contributed by atoms with Gasteiger partial charge in [0.1, 0.15) is 22.6 Å². The number of phenolic OH excluding ortho intramolecular Hbond substituents is 1. The molecule has 0 aromatic heterocycles. The van der Waals surface area contributed by atoms with Gasteiger partial charge >= 0.3 is 11.9 Å². The fourth-order valence-corrected chi connectivity index (χ4v) is 1.92. The molecule has 0 atom stereocenters. The maximum absolute atomic E-state index is 12.0. The zero-order chi connectivity index (χ0) is 15.6. The first-order valence-corrected chi connectivity index (χ1v) is 6.37. The first kappa shape index (κ1) is 15.2. The van der Waals surface area contributed by atoms with Gasteiger partial charge in [-0.1, -0.05) is 23.2 Å². The summed E-state index contributed by atoms with van der Waals surface area (Å²) >= 11 is 11.5. The van der Waals surface area contributed by atoms with Crippen LogP contribution in [-0.2, 0) is 0 Å². The normalized spacial score (nSPS) is 10.2. The number of carbonyl (C=O) groups excluding carboxylic acids is 1.